The highest BCUT2D eigenvalue weighted by Crippen LogP contribution is 2.53. The monoisotopic (exact) mass is 375 g/mol. The highest BCUT2D eigenvalue weighted by atomic mass is 79.9. The largest absolute Gasteiger partial charge is 0.481 e. The van der Waals surface area contributed by atoms with Crippen LogP contribution in [0.25, 0.3) is 0 Å². The highest BCUT2D eigenvalue weighted by Gasteiger charge is 2.54. The van der Waals surface area contributed by atoms with E-state index in [1.54, 1.807) is 12.1 Å². The summed E-state index contributed by atoms with van der Waals surface area (Å²) in [5.41, 5.74) is 2.87. The lowest BCUT2D eigenvalue weighted by Gasteiger charge is -2.23. The summed E-state index contributed by atoms with van der Waals surface area (Å²) in [6.45, 7) is 3.96. The van der Waals surface area contributed by atoms with Crippen LogP contribution in [0.3, 0.4) is 0 Å². The molecule has 0 aromatic heterocycles. The van der Waals surface area contributed by atoms with Crippen LogP contribution in [0.4, 0.5) is 5.69 Å². The standard InChI is InChI=1S/C18H18BrNO3/c1-9(2)14-12-7-8-13(14)16(18(22)23)15(12)17(21)20-11-5-3-10(19)4-6-11/h3-8,12-13,15-16H,1-2H3,(H,20,21)(H,22,23). The number of carboxylic acid groups (broad SMARTS) is 1. The molecular formula is C18H18BrNO3. The number of hydrogen-bond acceptors (Lipinski definition) is 2. The van der Waals surface area contributed by atoms with Crippen LogP contribution in [0.1, 0.15) is 13.8 Å². The summed E-state index contributed by atoms with van der Waals surface area (Å²) in [4.78, 5) is 24.5. The van der Waals surface area contributed by atoms with Gasteiger partial charge in [-0.3, -0.25) is 9.59 Å². The first-order valence-electron chi connectivity index (χ1n) is 7.55. The average Bonchev–Trinajstić information content (AvgIpc) is 3.05. The number of allylic oxidation sites excluding steroid dienone is 4. The fraction of sp³-hybridized carbons (Fsp3) is 0.333. The highest BCUT2D eigenvalue weighted by molar-refractivity contribution is 9.10. The number of carbonyl (C=O) groups excluding carboxylic acids is 1. The fourth-order valence-electron chi connectivity index (χ4n) is 3.80. The number of amides is 1. The second-order valence-electron chi connectivity index (χ2n) is 6.28. The Balaban J connectivity index is 1.89. The van der Waals surface area contributed by atoms with Crippen molar-refractivity contribution >= 4 is 33.5 Å². The van der Waals surface area contributed by atoms with Crippen LogP contribution in [0, 0.1) is 23.7 Å². The molecular weight excluding hydrogens is 358 g/mol. The number of benzene rings is 1. The van der Waals surface area contributed by atoms with Crippen molar-refractivity contribution in [3.8, 4) is 0 Å². The number of anilines is 1. The first-order valence-corrected chi connectivity index (χ1v) is 8.34. The molecule has 0 heterocycles. The lowest BCUT2D eigenvalue weighted by molar-refractivity contribution is -0.146. The number of halogens is 1. The lowest BCUT2D eigenvalue weighted by atomic mass is 9.82. The molecule has 23 heavy (non-hydrogen) atoms. The van der Waals surface area contributed by atoms with Crippen LogP contribution in [0.2, 0.25) is 0 Å². The minimum atomic E-state index is -0.906. The second-order valence-corrected chi connectivity index (χ2v) is 7.19. The molecule has 3 rings (SSSR count). The number of aliphatic carboxylic acids is 1. The summed E-state index contributed by atoms with van der Waals surface area (Å²) in [6.07, 6.45) is 3.92. The van der Waals surface area contributed by atoms with Crippen LogP contribution in [0.5, 0.6) is 0 Å². The van der Waals surface area contributed by atoms with E-state index < -0.39 is 17.8 Å². The maximum Gasteiger partial charge on any atom is 0.308 e. The van der Waals surface area contributed by atoms with Crippen molar-refractivity contribution in [1.29, 1.82) is 0 Å². The molecule has 0 saturated heterocycles. The van der Waals surface area contributed by atoms with E-state index in [9.17, 15) is 14.7 Å². The Morgan fingerprint density at radius 3 is 2.13 bits per heavy atom. The number of hydrogen-bond donors (Lipinski definition) is 2. The molecule has 4 nitrogen and oxygen atoms in total. The normalized spacial score (nSPS) is 28.0. The number of carbonyl (C=O) groups is 2. The number of rotatable bonds is 3. The number of nitrogens with one attached hydrogen (secondary N) is 1. The minimum Gasteiger partial charge on any atom is -0.481 e. The molecule has 4 unspecified atom stereocenters. The van der Waals surface area contributed by atoms with Gasteiger partial charge in [0.05, 0.1) is 11.8 Å². The van der Waals surface area contributed by atoms with E-state index in [1.807, 2.05) is 38.1 Å². The van der Waals surface area contributed by atoms with Crippen LogP contribution >= 0.6 is 15.9 Å². The van der Waals surface area contributed by atoms with Crippen molar-refractivity contribution in [1.82, 2.24) is 0 Å². The van der Waals surface area contributed by atoms with E-state index >= 15 is 0 Å². The third-order valence-electron chi connectivity index (χ3n) is 4.68. The molecule has 1 saturated carbocycles. The van der Waals surface area contributed by atoms with Gasteiger partial charge < -0.3 is 10.4 Å². The molecule has 1 fully saturated rings. The Bertz CT molecular complexity index is 716. The Morgan fingerprint density at radius 1 is 1.04 bits per heavy atom. The zero-order chi connectivity index (χ0) is 16.7. The molecule has 2 aliphatic rings. The predicted molar refractivity (Wildman–Crippen MR) is 91.9 cm³/mol. The van der Waals surface area contributed by atoms with Crippen molar-refractivity contribution in [2.75, 3.05) is 5.32 Å². The van der Waals surface area contributed by atoms with Gasteiger partial charge in [-0.05, 0) is 38.1 Å². The van der Waals surface area contributed by atoms with Gasteiger partial charge in [-0.15, -0.1) is 0 Å². The molecule has 120 valence electrons. The lowest BCUT2D eigenvalue weighted by Crippen LogP contribution is -2.36. The van der Waals surface area contributed by atoms with Crippen LogP contribution in [0.15, 0.2) is 52.0 Å². The summed E-state index contributed by atoms with van der Waals surface area (Å²) in [6, 6.07) is 7.27. The van der Waals surface area contributed by atoms with Crippen molar-refractivity contribution < 1.29 is 14.7 Å². The van der Waals surface area contributed by atoms with Crippen LogP contribution in [-0.2, 0) is 9.59 Å². The summed E-state index contributed by atoms with van der Waals surface area (Å²) in [5.74, 6) is -2.65. The van der Waals surface area contributed by atoms with Crippen molar-refractivity contribution in [2.45, 2.75) is 13.8 Å². The van der Waals surface area contributed by atoms with Gasteiger partial charge in [-0.2, -0.15) is 0 Å². The van der Waals surface area contributed by atoms with E-state index in [-0.39, 0.29) is 17.7 Å². The van der Waals surface area contributed by atoms with Gasteiger partial charge in [-0.25, -0.2) is 0 Å². The zero-order valence-electron chi connectivity index (χ0n) is 12.9. The fourth-order valence-corrected chi connectivity index (χ4v) is 4.07. The van der Waals surface area contributed by atoms with Gasteiger partial charge in [0.25, 0.3) is 0 Å². The second kappa shape index (κ2) is 5.96. The quantitative estimate of drug-likeness (QED) is 0.788. The van der Waals surface area contributed by atoms with Crippen LogP contribution in [-0.4, -0.2) is 17.0 Å². The zero-order valence-corrected chi connectivity index (χ0v) is 14.5. The van der Waals surface area contributed by atoms with E-state index in [2.05, 4.69) is 21.2 Å². The molecule has 1 amide bonds. The molecule has 2 aliphatic carbocycles. The Hall–Kier alpha value is -1.88. The molecule has 1 aromatic rings. The SMILES string of the molecule is CC(C)=C1C2C=CC1C(C(=O)Nc1ccc(Br)cc1)C2C(=O)O. The van der Waals surface area contributed by atoms with Crippen molar-refractivity contribution in [2.24, 2.45) is 23.7 Å². The van der Waals surface area contributed by atoms with Gasteiger partial charge in [-0.1, -0.05) is 39.2 Å². The molecule has 0 aliphatic heterocycles. The Morgan fingerprint density at radius 2 is 1.61 bits per heavy atom. The molecule has 4 atom stereocenters. The molecule has 0 spiro atoms. The third-order valence-corrected chi connectivity index (χ3v) is 5.21. The molecule has 5 heteroatoms. The van der Waals surface area contributed by atoms with Crippen molar-refractivity contribution in [3.05, 3.63) is 52.0 Å². The van der Waals surface area contributed by atoms with Gasteiger partial charge in [0.15, 0.2) is 0 Å². The number of carboxylic acids is 1. The molecule has 2 N–H and O–H groups in total. The van der Waals surface area contributed by atoms with E-state index in [0.717, 1.165) is 15.6 Å². The third kappa shape index (κ3) is 2.74. The first kappa shape index (κ1) is 16.0. The minimum absolute atomic E-state index is 0.110. The predicted octanol–water partition coefficient (Wildman–Crippen LogP) is 3.86. The smallest absolute Gasteiger partial charge is 0.308 e. The van der Waals surface area contributed by atoms with Crippen molar-refractivity contribution in [3.63, 3.8) is 0 Å². The Kier molecular flexibility index (Phi) is 4.15. The van der Waals surface area contributed by atoms with Crippen LogP contribution < -0.4 is 5.32 Å². The maximum absolute atomic E-state index is 12.7. The summed E-state index contributed by atoms with van der Waals surface area (Å²) >= 11 is 3.35. The average molecular weight is 376 g/mol. The van der Waals surface area contributed by atoms with Gasteiger partial charge in [0.2, 0.25) is 5.91 Å². The number of fused-ring (bicyclic) bond motifs is 2. The van der Waals surface area contributed by atoms with E-state index in [0.29, 0.717) is 5.69 Å². The summed E-state index contributed by atoms with van der Waals surface area (Å²) in [7, 11) is 0. The van der Waals surface area contributed by atoms with E-state index in [1.165, 1.54) is 0 Å². The summed E-state index contributed by atoms with van der Waals surface area (Å²) in [5, 5.41) is 12.5. The van der Waals surface area contributed by atoms with Gasteiger partial charge >= 0.3 is 5.97 Å². The summed E-state index contributed by atoms with van der Waals surface area (Å²) < 4.78 is 0.925. The van der Waals surface area contributed by atoms with Gasteiger partial charge in [0.1, 0.15) is 0 Å². The molecule has 2 bridgehead atoms. The Labute approximate surface area is 143 Å². The topological polar surface area (TPSA) is 66.4 Å². The first-order chi connectivity index (χ1) is 10.9. The molecule has 0 radical (unpaired) electrons. The van der Waals surface area contributed by atoms with Gasteiger partial charge in [0, 0.05) is 22.0 Å². The maximum atomic E-state index is 12.7. The van der Waals surface area contributed by atoms with E-state index in [4.69, 9.17) is 0 Å². The molecule has 1 aromatic carbocycles.